The Morgan fingerprint density at radius 3 is 2.17 bits per heavy atom. The summed E-state index contributed by atoms with van der Waals surface area (Å²) in [6, 6.07) is 10.5. The van der Waals surface area contributed by atoms with Crippen LogP contribution in [0, 0.1) is 0 Å². The SMILES string of the molecule is O=C(O)N(S)c1ccc(-c2ncn(-c3ccc(OC(F)(F)C(F)(F)F)cc3)n2)cc1. The Morgan fingerprint density at radius 2 is 1.63 bits per heavy atom. The summed E-state index contributed by atoms with van der Waals surface area (Å²) in [5, 5.41) is 13.1. The van der Waals surface area contributed by atoms with Gasteiger partial charge in [-0.3, -0.25) is 0 Å². The lowest BCUT2D eigenvalue weighted by Gasteiger charge is -2.20. The molecule has 7 nitrogen and oxygen atoms in total. The first-order valence-electron chi connectivity index (χ1n) is 7.96. The minimum atomic E-state index is -5.84. The smallest absolute Gasteiger partial charge is 0.464 e. The molecule has 1 heterocycles. The summed E-state index contributed by atoms with van der Waals surface area (Å²) in [6.45, 7) is 0. The minimum Gasteiger partial charge on any atom is -0.464 e. The van der Waals surface area contributed by atoms with E-state index >= 15 is 0 Å². The summed E-state index contributed by atoms with van der Waals surface area (Å²) in [5.41, 5.74) is 1.19. The Balaban J connectivity index is 1.76. The molecule has 0 saturated carbocycles. The second kappa shape index (κ2) is 7.82. The van der Waals surface area contributed by atoms with E-state index in [1.807, 2.05) is 0 Å². The Hall–Kier alpha value is -3.35. The van der Waals surface area contributed by atoms with Gasteiger partial charge in [-0.2, -0.15) is 22.0 Å². The molecule has 0 radical (unpaired) electrons. The number of ether oxygens (including phenoxy) is 1. The zero-order chi connectivity index (χ0) is 22.1. The van der Waals surface area contributed by atoms with E-state index in [-0.39, 0.29) is 5.82 Å². The number of carboxylic acid groups (broad SMARTS) is 1. The molecule has 0 saturated heterocycles. The summed E-state index contributed by atoms with van der Waals surface area (Å²) in [6.07, 6.45) is -11.1. The molecule has 3 aromatic rings. The highest BCUT2D eigenvalue weighted by Crippen LogP contribution is 2.37. The van der Waals surface area contributed by atoms with Crippen molar-refractivity contribution in [2.24, 2.45) is 0 Å². The number of aromatic nitrogens is 3. The predicted molar refractivity (Wildman–Crippen MR) is 97.9 cm³/mol. The molecule has 0 spiro atoms. The van der Waals surface area contributed by atoms with Crippen LogP contribution in [0.5, 0.6) is 5.75 Å². The monoisotopic (exact) mass is 446 g/mol. The Bertz CT molecular complexity index is 1040. The van der Waals surface area contributed by atoms with Crippen molar-refractivity contribution in [3.8, 4) is 22.8 Å². The Labute approximate surface area is 170 Å². The van der Waals surface area contributed by atoms with Crippen molar-refractivity contribution >= 4 is 24.6 Å². The highest BCUT2D eigenvalue weighted by atomic mass is 32.1. The van der Waals surface area contributed by atoms with Gasteiger partial charge in [0.15, 0.2) is 5.82 Å². The number of amides is 1. The predicted octanol–water partition coefficient (Wildman–Crippen LogP) is 4.80. The van der Waals surface area contributed by atoms with Gasteiger partial charge in [-0.1, -0.05) is 12.8 Å². The fraction of sp³-hybridized carbons (Fsp3) is 0.118. The Morgan fingerprint density at radius 1 is 1.03 bits per heavy atom. The van der Waals surface area contributed by atoms with E-state index < -0.39 is 24.1 Å². The fourth-order valence-corrected chi connectivity index (χ4v) is 2.39. The van der Waals surface area contributed by atoms with Crippen molar-refractivity contribution in [1.29, 1.82) is 0 Å². The van der Waals surface area contributed by atoms with Crippen molar-refractivity contribution in [2.75, 3.05) is 4.31 Å². The van der Waals surface area contributed by atoms with Gasteiger partial charge in [0.25, 0.3) is 0 Å². The van der Waals surface area contributed by atoms with E-state index in [1.54, 1.807) is 12.1 Å². The maximum absolute atomic E-state index is 12.9. The van der Waals surface area contributed by atoms with Gasteiger partial charge in [-0.15, -0.1) is 5.10 Å². The molecule has 0 aliphatic carbocycles. The summed E-state index contributed by atoms with van der Waals surface area (Å²) in [5.74, 6) is -0.404. The number of carbonyl (C=O) groups is 1. The number of hydrogen-bond donors (Lipinski definition) is 2. The summed E-state index contributed by atoms with van der Waals surface area (Å²) in [4.78, 5) is 15.0. The van der Waals surface area contributed by atoms with Crippen LogP contribution in [-0.2, 0) is 0 Å². The average molecular weight is 446 g/mol. The number of nitrogens with zero attached hydrogens (tertiary/aromatic N) is 4. The lowest BCUT2D eigenvalue weighted by molar-refractivity contribution is -0.360. The van der Waals surface area contributed by atoms with Crippen molar-refractivity contribution in [2.45, 2.75) is 12.3 Å². The number of alkyl halides is 5. The topological polar surface area (TPSA) is 80.5 Å². The van der Waals surface area contributed by atoms with E-state index in [0.29, 0.717) is 16.9 Å². The molecular formula is C17H11F5N4O3S. The lowest BCUT2D eigenvalue weighted by atomic mass is 10.2. The van der Waals surface area contributed by atoms with Crippen LogP contribution in [0.25, 0.3) is 17.1 Å². The van der Waals surface area contributed by atoms with Gasteiger partial charge in [-0.25, -0.2) is 18.8 Å². The van der Waals surface area contributed by atoms with Crippen molar-refractivity contribution in [1.82, 2.24) is 14.8 Å². The maximum atomic E-state index is 12.9. The fourth-order valence-electron chi connectivity index (χ4n) is 2.25. The van der Waals surface area contributed by atoms with Crippen LogP contribution in [0.2, 0.25) is 0 Å². The van der Waals surface area contributed by atoms with Gasteiger partial charge in [-0.05, 0) is 48.5 Å². The van der Waals surface area contributed by atoms with E-state index in [1.165, 1.54) is 35.3 Å². The molecule has 1 aromatic heterocycles. The number of rotatable bonds is 5. The van der Waals surface area contributed by atoms with Crippen LogP contribution < -0.4 is 9.04 Å². The van der Waals surface area contributed by atoms with Crippen LogP contribution in [0.3, 0.4) is 0 Å². The standard InChI is InChI=1S/C17H11F5N4O3S/c18-16(19,20)17(21,22)29-13-7-5-11(6-8-13)25-9-23-14(24-25)10-1-3-12(4-2-10)26(30)15(27)28/h1-9,30H,(H,27,28). The van der Waals surface area contributed by atoms with Crippen LogP contribution in [0.15, 0.2) is 54.9 Å². The molecule has 13 heteroatoms. The third kappa shape index (κ3) is 4.45. The Kier molecular flexibility index (Phi) is 5.57. The second-order valence-corrected chi connectivity index (χ2v) is 6.16. The van der Waals surface area contributed by atoms with Crippen molar-refractivity contribution < 1.29 is 36.6 Å². The lowest BCUT2D eigenvalue weighted by Crippen LogP contribution is -2.41. The van der Waals surface area contributed by atoms with Crippen molar-refractivity contribution in [3.63, 3.8) is 0 Å². The summed E-state index contributed by atoms with van der Waals surface area (Å²) < 4.78 is 68.2. The molecule has 0 aliphatic heterocycles. The zero-order valence-electron chi connectivity index (χ0n) is 14.6. The first-order valence-corrected chi connectivity index (χ1v) is 8.36. The van der Waals surface area contributed by atoms with Gasteiger partial charge >= 0.3 is 18.4 Å². The van der Waals surface area contributed by atoms with Crippen LogP contribution in [-0.4, -0.2) is 38.2 Å². The van der Waals surface area contributed by atoms with E-state index in [4.69, 9.17) is 5.11 Å². The molecule has 0 fully saturated rings. The van der Waals surface area contributed by atoms with Gasteiger partial charge < -0.3 is 9.84 Å². The largest absolute Gasteiger partial charge is 0.499 e. The van der Waals surface area contributed by atoms with E-state index in [0.717, 1.165) is 16.4 Å². The quantitative estimate of drug-likeness (QED) is 0.435. The second-order valence-electron chi connectivity index (χ2n) is 5.76. The number of hydrogen-bond acceptors (Lipinski definition) is 5. The van der Waals surface area contributed by atoms with Crippen LogP contribution in [0.1, 0.15) is 0 Å². The molecule has 3 rings (SSSR count). The van der Waals surface area contributed by atoms with Crippen LogP contribution in [0.4, 0.5) is 32.4 Å². The molecule has 158 valence electrons. The zero-order valence-corrected chi connectivity index (χ0v) is 15.5. The first-order chi connectivity index (χ1) is 14.0. The molecule has 0 bridgehead atoms. The number of thiol groups is 1. The molecular weight excluding hydrogens is 435 g/mol. The molecule has 0 atom stereocenters. The van der Waals surface area contributed by atoms with Crippen LogP contribution >= 0.6 is 12.8 Å². The van der Waals surface area contributed by atoms with Gasteiger partial charge in [0, 0.05) is 5.56 Å². The van der Waals surface area contributed by atoms with Gasteiger partial charge in [0.2, 0.25) is 0 Å². The summed E-state index contributed by atoms with van der Waals surface area (Å²) >= 11 is 3.82. The molecule has 0 unspecified atom stereocenters. The maximum Gasteiger partial charge on any atom is 0.499 e. The van der Waals surface area contributed by atoms with E-state index in [9.17, 15) is 26.7 Å². The van der Waals surface area contributed by atoms with E-state index in [2.05, 4.69) is 27.6 Å². The molecule has 0 aliphatic rings. The number of halogens is 5. The van der Waals surface area contributed by atoms with Crippen molar-refractivity contribution in [3.05, 3.63) is 54.9 Å². The highest BCUT2D eigenvalue weighted by Gasteiger charge is 2.61. The molecule has 2 aromatic carbocycles. The van der Waals surface area contributed by atoms with Gasteiger partial charge in [0.1, 0.15) is 12.1 Å². The average Bonchev–Trinajstić information content (AvgIpc) is 3.17. The first kappa shape index (κ1) is 21.4. The molecule has 1 amide bonds. The molecule has 1 N–H and O–H groups in total. The normalized spacial score (nSPS) is 11.9. The van der Waals surface area contributed by atoms with Gasteiger partial charge in [0.05, 0.1) is 11.4 Å². The highest BCUT2D eigenvalue weighted by molar-refractivity contribution is 7.82. The third-order valence-electron chi connectivity index (χ3n) is 3.72. The number of benzene rings is 2. The molecule has 30 heavy (non-hydrogen) atoms. The minimum absolute atomic E-state index is 0.270. The summed E-state index contributed by atoms with van der Waals surface area (Å²) in [7, 11) is 0. The number of anilines is 1. The third-order valence-corrected chi connectivity index (χ3v) is 4.12.